The zero-order valence-electron chi connectivity index (χ0n) is 19.2. The number of hydrogen-bond donors (Lipinski definition) is 0. The highest BCUT2D eigenvalue weighted by Gasteiger charge is 2.29. The van der Waals surface area contributed by atoms with Crippen LogP contribution < -0.4 is 4.90 Å². The number of rotatable bonds is 6. The summed E-state index contributed by atoms with van der Waals surface area (Å²) in [5.74, 6) is 1.23. The molecule has 1 aliphatic heterocycles. The third kappa shape index (κ3) is 4.78. The number of non-ortho nitro benzene ring substituents is 1. The van der Waals surface area contributed by atoms with Gasteiger partial charge in [0.1, 0.15) is 5.58 Å². The quantitative estimate of drug-likeness (QED) is 0.325. The van der Waals surface area contributed by atoms with Crippen LogP contribution in [0.15, 0.2) is 52.9 Å². The molecule has 0 atom stereocenters. The molecule has 0 spiro atoms. The lowest BCUT2D eigenvalue weighted by atomic mass is 10.0. The van der Waals surface area contributed by atoms with Gasteiger partial charge in [0.05, 0.1) is 4.92 Å². The van der Waals surface area contributed by atoms with Crippen LogP contribution in [0.5, 0.6) is 0 Å². The Morgan fingerprint density at radius 3 is 2.41 bits per heavy atom. The second-order valence-electron chi connectivity index (χ2n) is 9.03. The molecule has 8 heteroatoms. The molecule has 0 unspecified atom stereocenters. The van der Waals surface area contributed by atoms with Gasteiger partial charge in [0, 0.05) is 66.0 Å². The molecule has 1 saturated carbocycles. The number of para-hydroxylation sites is 1. The fourth-order valence-electron chi connectivity index (χ4n) is 4.94. The van der Waals surface area contributed by atoms with Crippen LogP contribution in [0.3, 0.4) is 0 Å². The second-order valence-corrected chi connectivity index (χ2v) is 10.3. The molecule has 34 heavy (non-hydrogen) atoms. The maximum Gasteiger partial charge on any atom is 0.290 e. The van der Waals surface area contributed by atoms with Crippen molar-refractivity contribution in [1.82, 2.24) is 4.90 Å². The van der Waals surface area contributed by atoms with E-state index in [4.69, 9.17) is 4.42 Å². The Labute approximate surface area is 203 Å². The van der Waals surface area contributed by atoms with Gasteiger partial charge in [-0.1, -0.05) is 37.5 Å². The predicted octanol–water partition coefficient (Wildman–Crippen LogP) is 5.87. The van der Waals surface area contributed by atoms with Crippen LogP contribution in [0.25, 0.3) is 11.0 Å². The summed E-state index contributed by atoms with van der Waals surface area (Å²) >= 11 is 1.96. The first-order valence-electron chi connectivity index (χ1n) is 12.0. The average Bonchev–Trinajstić information content (AvgIpc) is 3.26. The Hall–Kier alpha value is -3.00. The molecule has 0 N–H and O–H groups in total. The number of thioether (sulfide) groups is 1. The van der Waals surface area contributed by atoms with Gasteiger partial charge in [-0.25, -0.2) is 0 Å². The Morgan fingerprint density at radius 1 is 1.00 bits per heavy atom. The van der Waals surface area contributed by atoms with Gasteiger partial charge in [-0.05, 0) is 31.0 Å². The largest absolute Gasteiger partial charge is 0.451 e. The topological polar surface area (TPSA) is 79.8 Å². The standard InChI is InChI=1S/C26H29N3O4S/c30-26(28-16-14-27(15-17-28)19-10-12-20(13-11-19)29(31)32)25-23(18-34-21-6-2-1-3-7-21)22-8-4-5-9-24(22)33-25/h4-5,8-13,21H,1-3,6-7,14-18H2. The highest BCUT2D eigenvalue weighted by Crippen LogP contribution is 2.35. The molecule has 178 valence electrons. The number of nitro benzene ring substituents is 1. The van der Waals surface area contributed by atoms with Crippen molar-refractivity contribution in [3.63, 3.8) is 0 Å². The van der Waals surface area contributed by atoms with E-state index >= 15 is 0 Å². The number of furan rings is 1. The monoisotopic (exact) mass is 479 g/mol. The van der Waals surface area contributed by atoms with Crippen molar-refractivity contribution >= 4 is 40.0 Å². The molecule has 2 aromatic carbocycles. The van der Waals surface area contributed by atoms with Gasteiger partial charge < -0.3 is 14.2 Å². The molecule has 2 heterocycles. The van der Waals surface area contributed by atoms with Gasteiger partial charge in [-0.3, -0.25) is 14.9 Å². The summed E-state index contributed by atoms with van der Waals surface area (Å²) in [5, 5.41) is 12.6. The summed E-state index contributed by atoms with van der Waals surface area (Å²) in [5.41, 5.74) is 2.82. The SMILES string of the molecule is O=C(c1oc2ccccc2c1CSC1CCCCC1)N1CCN(c2ccc([N+](=O)[O-])cc2)CC1. The Morgan fingerprint density at radius 2 is 1.71 bits per heavy atom. The number of amides is 1. The minimum absolute atomic E-state index is 0.0428. The molecule has 5 rings (SSSR count). The lowest BCUT2D eigenvalue weighted by Crippen LogP contribution is -2.48. The lowest BCUT2D eigenvalue weighted by Gasteiger charge is -2.35. The minimum Gasteiger partial charge on any atom is -0.451 e. The minimum atomic E-state index is -0.391. The molecule has 3 aromatic rings. The third-order valence-electron chi connectivity index (χ3n) is 6.90. The number of fused-ring (bicyclic) bond motifs is 1. The van der Waals surface area contributed by atoms with Crippen LogP contribution in [-0.4, -0.2) is 47.2 Å². The fraction of sp³-hybridized carbons (Fsp3) is 0.423. The summed E-state index contributed by atoms with van der Waals surface area (Å²) < 4.78 is 6.12. The maximum absolute atomic E-state index is 13.5. The van der Waals surface area contributed by atoms with Crippen LogP contribution in [0.1, 0.15) is 48.2 Å². The number of hydrogen-bond acceptors (Lipinski definition) is 6. The zero-order valence-corrected chi connectivity index (χ0v) is 20.0. The van der Waals surface area contributed by atoms with Crippen molar-refractivity contribution in [3.05, 3.63) is 70.0 Å². The number of anilines is 1. The summed E-state index contributed by atoms with van der Waals surface area (Å²) in [6.45, 7) is 2.52. The van der Waals surface area contributed by atoms with E-state index in [0.29, 0.717) is 37.2 Å². The summed E-state index contributed by atoms with van der Waals surface area (Å²) in [4.78, 5) is 28.1. The van der Waals surface area contributed by atoms with Gasteiger partial charge >= 0.3 is 0 Å². The molecule has 1 amide bonds. The van der Waals surface area contributed by atoms with Gasteiger partial charge in [0.15, 0.2) is 5.76 Å². The highest BCUT2D eigenvalue weighted by atomic mass is 32.2. The van der Waals surface area contributed by atoms with Crippen molar-refractivity contribution < 1.29 is 14.1 Å². The van der Waals surface area contributed by atoms with Gasteiger partial charge in [-0.2, -0.15) is 11.8 Å². The van der Waals surface area contributed by atoms with E-state index in [0.717, 1.165) is 28.0 Å². The molecular formula is C26H29N3O4S. The first-order valence-corrected chi connectivity index (χ1v) is 13.1. The van der Waals surface area contributed by atoms with Crippen molar-refractivity contribution in [2.45, 2.75) is 43.1 Å². The van der Waals surface area contributed by atoms with Crippen LogP contribution in [-0.2, 0) is 5.75 Å². The Bertz CT molecular complexity index is 1160. The first-order chi connectivity index (χ1) is 16.6. The third-order valence-corrected chi connectivity index (χ3v) is 8.30. The number of carbonyl (C=O) groups excluding carboxylic acids is 1. The Kier molecular flexibility index (Phi) is 6.76. The van der Waals surface area contributed by atoms with E-state index < -0.39 is 4.92 Å². The molecule has 2 fully saturated rings. The number of nitrogens with zero attached hydrogens (tertiary/aromatic N) is 3. The molecule has 0 radical (unpaired) electrons. The van der Waals surface area contributed by atoms with E-state index in [2.05, 4.69) is 11.0 Å². The van der Waals surface area contributed by atoms with Gasteiger partial charge in [0.25, 0.3) is 11.6 Å². The van der Waals surface area contributed by atoms with Crippen LogP contribution in [0.2, 0.25) is 0 Å². The highest BCUT2D eigenvalue weighted by molar-refractivity contribution is 7.99. The predicted molar refractivity (Wildman–Crippen MR) is 136 cm³/mol. The van der Waals surface area contributed by atoms with Crippen LogP contribution in [0, 0.1) is 10.1 Å². The lowest BCUT2D eigenvalue weighted by molar-refractivity contribution is -0.384. The van der Waals surface area contributed by atoms with Crippen molar-refractivity contribution in [1.29, 1.82) is 0 Å². The Balaban J connectivity index is 1.29. The molecule has 1 saturated heterocycles. The maximum atomic E-state index is 13.5. The van der Waals surface area contributed by atoms with Gasteiger partial charge in [-0.15, -0.1) is 0 Å². The molecule has 1 aromatic heterocycles. The molecule has 1 aliphatic carbocycles. The summed E-state index contributed by atoms with van der Waals surface area (Å²) in [6.07, 6.45) is 6.45. The van der Waals surface area contributed by atoms with Crippen LogP contribution in [0.4, 0.5) is 11.4 Å². The number of benzene rings is 2. The zero-order chi connectivity index (χ0) is 23.5. The van der Waals surface area contributed by atoms with E-state index in [9.17, 15) is 14.9 Å². The van der Waals surface area contributed by atoms with Crippen LogP contribution >= 0.6 is 11.8 Å². The van der Waals surface area contributed by atoms with Crippen molar-refractivity contribution in [2.24, 2.45) is 0 Å². The number of carbonyl (C=O) groups is 1. The van der Waals surface area contributed by atoms with E-state index in [-0.39, 0.29) is 11.6 Å². The van der Waals surface area contributed by atoms with Crippen molar-refractivity contribution in [2.75, 3.05) is 31.1 Å². The molecular weight excluding hydrogens is 450 g/mol. The number of piperazine rings is 1. The molecule has 0 bridgehead atoms. The second kappa shape index (κ2) is 10.1. The normalized spacial score (nSPS) is 17.3. The smallest absolute Gasteiger partial charge is 0.290 e. The van der Waals surface area contributed by atoms with E-state index in [1.165, 1.54) is 44.2 Å². The average molecular weight is 480 g/mol. The summed E-state index contributed by atoms with van der Waals surface area (Å²) in [7, 11) is 0. The molecule has 7 nitrogen and oxygen atoms in total. The van der Waals surface area contributed by atoms with E-state index in [1.54, 1.807) is 12.1 Å². The van der Waals surface area contributed by atoms with Gasteiger partial charge in [0.2, 0.25) is 0 Å². The van der Waals surface area contributed by atoms with E-state index in [1.807, 2.05) is 34.9 Å². The summed E-state index contributed by atoms with van der Waals surface area (Å²) in [6, 6.07) is 14.5. The molecule has 2 aliphatic rings. The first kappa shape index (κ1) is 22.8. The van der Waals surface area contributed by atoms with Crippen molar-refractivity contribution in [3.8, 4) is 0 Å². The fourth-order valence-corrected chi connectivity index (χ4v) is 6.30. The number of nitro groups is 1.